The summed E-state index contributed by atoms with van der Waals surface area (Å²) < 4.78 is 6.98. The van der Waals surface area contributed by atoms with Crippen molar-refractivity contribution in [3.63, 3.8) is 0 Å². The van der Waals surface area contributed by atoms with Gasteiger partial charge < -0.3 is 10.1 Å². The van der Waals surface area contributed by atoms with Gasteiger partial charge in [-0.2, -0.15) is 5.10 Å². The van der Waals surface area contributed by atoms with Gasteiger partial charge in [-0.3, -0.25) is 19.4 Å². The first-order valence-corrected chi connectivity index (χ1v) is 6.90. The maximum atomic E-state index is 12.2. The molecule has 0 bridgehead atoms. The summed E-state index contributed by atoms with van der Waals surface area (Å²) in [5.41, 5.74) is 0.793. The number of hydrogen-bond donors (Lipinski definition) is 2. The van der Waals surface area contributed by atoms with Crippen LogP contribution in [0, 0.1) is 4.77 Å². The number of aromatic nitrogens is 4. The van der Waals surface area contributed by atoms with E-state index in [9.17, 15) is 4.79 Å². The SMILES string of the molecule is COCCNC(=O)C(C)n1c(-c2cccnc2)n[nH]c1=S. The Bertz CT molecular complexity index is 652. The van der Waals surface area contributed by atoms with Crippen molar-refractivity contribution in [1.29, 1.82) is 0 Å². The molecule has 0 aliphatic heterocycles. The normalized spacial score (nSPS) is 12.1. The Hall–Kier alpha value is -2.06. The van der Waals surface area contributed by atoms with Gasteiger partial charge in [0.25, 0.3) is 0 Å². The quantitative estimate of drug-likeness (QED) is 0.621. The molecule has 0 radical (unpaired) electrons. The van der Waals surface area contributed by atoms with Crippen LogP contribution in [0.5, 0.6) is 0 Å². The van der Waals surface area contributed by atoms with E-state index in [0.29, 0.717) is 23.7 Å². The fourth-order valence-corrected chi connectivity index (χ4v) is 2.19. The zero-order valence-corrected chi connectivity index (χ0v) is 12.7. The van der Waals surface area contributed by atoms with Gasteiger partial charge in [0.15, 0.2) is 10.6 Å². The number of methoxy groups -OCH3 is 1. The third-order valence-corrected chi connectivity index (χ3v) is 3.28. The lowest BCUT2D eigenvalue weighted by atomic mass is 10.2. The lowest BCUT2D eigenvalue weighted by Crippen LogP contribution is -2.33. The molecule has 0 fully saturated rings. The number of ether oxygens (including phenoxy) is 1. The number of pyridine rings is 1. The number of carbonyl (C=O) groups is 1. The molecule has 2 aromatic heterocycles. The molecule has 0 spiro atoms. The minimum absolute atomic E-state index is 0.144. The molecule has 0 saturated heterocycles. The minimum Gasteiger partial charge on any atom is -0.383 e. The number of carbonyl (C=O) groups excluding carboxylic acids is 1. The van der Waals surface area contributed by atoms with Crippen LogP contribution in [0.2, 0.25) is 0 Å². The van der Waals surface area contributed by atoms with Crippen molar-refractivity contribution in [3.05, 3.63) is 29.3 Å². The fraction of sp³-hybridized carbons (Fsp3) is 0.385. The van der Waals surface area contributed by atoms with Crippen LogP contribution >= 0.6 is 12.2 Å². The van der Waals surface area contributed by atoms with Gasteiger partial charge in [0.05, 0.1) is 6.61 Å². The van der Waals surface area contributed by atoms with Crippen LogP contribution in [-0.2, 0) is 9.53 Å². The molecule has 21 heavy (non-hydrogen) atoms. The Kier molecular flexibility index (Phi) is 5.18. The van der Waals surface area contributed by atoms with Gasteiger partial charge in [-0.15, -0.1) is 0 Å². The number of hydrogen-bond acceptors (Lipinski definition) is 5. The van der Waals surface area contributed by atoms with Crippen molar-refractivity contribution in [2.45, 2.75) is 13.0 Å². The first-order valence-electron chi connectivity index (χ1n) is 6.49. The van der Waals surface area contributed by atoms with Crippen LogP contribution in [0.25, 0.3) is 11.4 Å². The summed E-state index contributed by atoms with van der Waals surface area (Å²) >= 11 is 5.22. The molecule has 0 saturated carbocycles. The van der Waals surface area contributed by atoms with Gasteiger partial charge in [-0.05, 0) is 31.3 Å². The summed E-state index contributed by atoms with van der Waals surface area (Å²) in [6, 6.07) is 3.19. The van der Waals surface area contributed by atoms with Crippen molar-refractivity contribution in [3.8, 4) is 11.4 Å². The third kappa shape index (κ3) is 3.53. The summed E-state index contributed by atoms with van der Waals surface area (Å²) in [6.07, 6.45) is 3.35. The number of nitrogens with zero attached hydrogens (tertiary/aromatic N) is 3. The van der Waals surface area contributed by atoms with Crippen molar-refractivity contribution in [2.75, 3.05) is 20.3 Å². The van der Waals surface area contributed by atoms with Crippen LogP contribution in [0.1, 0.15) is 13.0 Å². The fourth-order valence-electron chi connectivity index (χ4n) is 1.90. The Morgan fingerprint density at radius 2 is 2.43 bits per heavy atom. The molecule has 112 valence electrons. The van der Waals surface area contributed by atoms with Crippen molar-refractivity contribution >= 4 is 18.1 Å². The Balaban J connectivity index is 2.25. The van der Waals surface area contributed by atoms with E-state index in [-0.39, 0.29) is 5.91 Å². The lowest BCUT2D eigenvalue weighted by molar-refractivity contribution is -0.124. The summed E-state index contributed by atoms with van der Waals surface area (Å²) in [6.45, 7) is 2.69. The number of aromatic amines is 1. The topological polar surface area (TPSA) is 84.8 Å². The Labute approximate surface area is 127 Å². The van der Waals surface area contributed by atoms with Gasteiger partial charge in [0, 0.05) is 31.6 Å². The molecular formula is C13H17N5O2S. The molecule has 2 N–H and O–H groups in total. The number of H-pyrrole nitrogens is 1. The predicted octanol–water partition coefficient (Wildman–Crippen LogP) is 1.33. The standard InChI is InChI=1S/C13H17N5O2S/c1-9(12(19)15-6-7-20-2)18-11(16-17-13(18)21)10-4-3-5-14-8-10/h3-5,8-9H,6-7H2,1-2H3,(H,15,19)(H,17,21). The van der Waals surface area contributed by atoms with Crippen molar-refractivity contribution < 1.29 is 9.53 Å². The van der Waals surface area contributed by atoms with Gasteiger partial charge >= 0.3 is 0 Å². The monoisotopic (exact) mass is 307 g/mol. The molecule has 0 aliphatic rings. The molecule has 1 unspecified atom stereocenters. The second-order valence-electron chi connectivity index (χ2n) is 4.42. The molecule has 8 heteroatoms. The molecular weight excluding hydrogens is 290 g/mol. The number of rotatable bonds is 6. The van der Waals surface area contributed by atoms with Gasteiger partial charge in [0.2, 0.25) is 5.91 Å². The molecule has 1 atom stereocenters. The molecule has 1 amide bonds. The number of nitrogens with one attached hydrogen (secondary N) is 2. The highest BCUT2D eigenvalue weighted by Gasteiger charge is 2.20. The zero-order valence-electron chi connectivity index (χ0n) is 11.9. The highest BCUT2D eigenvalue weighted by atomic mass is 32.1. The van der Waals surface area contributed by atoms with E-state index >= 15 is 0 Å². The van der Waals surface area contributed by atoms with Crippen LogP contribution < -0.4 is 5.32 Å². The minimum atomic E-state index is -0.483. The smallest absolute Gasteiger partial charge is 0.243 e. The van der Waals surface area contributed by atoms with Crippen molar-refractivity contribution in [1.82, 2.24) is 25.1 Å². The highest BCUT2D eigenvalue weighted by molar-refractivity contribution is 7.71. The first-order chi connectivity index (χ1) is 10.1. The largest absolute Gasteiger partial charge is 0.383 e. The zero-order chi connectivity index (χ0) is 15.2. The van der Waals surface area contributed by atoms with Gasteiger partial charge in [-0.25, -0.2) is 0 Å². The second kappa shape index (κ2) is 7.09. The van der Waals surface area contributed by atoms with E-state index in [1.54, 1.807) is 37.1 Å². The summed E-state index contributed by atoms with van der Waals surface area (Å²) in [5, 5.41) is 9.70. The van der Waals surface area contributed by atoms with Crippen LogP contribution in [0.3, 0.4) is 0 Å². The van der Waals surface area contributed by atoms with Gasteiger partial charge in [0.1, 0.15) is 6.04 Å². The second-order valence-corrected chi connectivity index (χ2v) is 4.81. The first kappa shape index (κ1) is 15.3. The third-order valence-electron chi connectivity index (χ3n) is 3.00. The van der Waals surface area contributed by atoms with E-state index in [2.05, 4.69) is 20.5 Å². The molecule has 0 aliphatic carbocycles. The Morgan fingerprint density at radius 3 is 3.10 bits per heavy atom. The average molecular weight is 307 g/mol. The predicted molar refractivity (Wildman–Crippen MR) is 80.2 cm³/mol. The Morgan fingerprint density at radius 1 is 1.62 bits per heavy atom. The van der Waals surface area contributed by atoms with Crippen LogP contribution in [0.4, 0.5) is 0 Å². The maximum Gasteiger partial charge on any atom is 0.243 e. The molecule has 0 aromatic carbocycles. The van der Waals surface area contributed by atoms with E-state index in [1.165, 1.54) is 0 Å². The maximum absolute atomic E-state index is 12.2. The highest BCUT2D eigenvalue weighted by Crippen LogP contribution is 2.20. The van der Waals surface area contributed by atoms with Gasteiger partial charge in [-0.1, -0.05) is 0 Å². The summed E-state index contributed by atoms with van der Waals surface area (Å²) in [4.78, 5) is 16.2. The van der Waals surface area contributed by atoms with Crippen LogP contribution in [-0.4, -0.2) is 45.9 Å². The molecule has 2 heterocycles. The van der Waals surface area contributed by atoms with E-state index in [1.807, 2.05) is 6.07 Å². The van der Waals surface area contributed by atoms with E-state index in [4.69, 9.17) is 17.0 Å². The molecule has 7 nitrogen and oxygen atoms in total. The lowest BCUT2D eigenvalue weighted by Gasteiger charge is -2.15. The summed E-state index contributed by atoms with van der Waals surface area (Å²) in [7, 11) is 1.59. The molecule has 2 aromatic rings. The number of amides is 1. The summed E-state index contributed by atoms with van der Waals surface area (Å²) in [5.74, 6) is 0.442. The average Bonchev–Trinajstić information content (AvgIpc) is 2.89. The molecule has 2 rings (SSSR count). The van der Waals surface area contributed by atoms with Crippen molar-refractivity contribution in [2.24, 2.45) is 0 Å². The van der Waals surface area contributed by atoms with E-state index < -0.39 is 6.04 Å². The van der Waals surface area contributed by atoms with Crippen LogP contribution in [0.15, 0.2) is 24.5 Å². The van der Waals surface area contributed by atoms with E-state index in [0.717, 1.165) is 5.56 Å².